The quantitative estimate of drug-likeness (QED) is 0.620. The molecule has 0 unspecified atom stereocenters. The maximum Gasteiger partial charge on any atom is 0.306 e. The van der Waals surface area contributed by atoms with Gasteiger partial charge in [-0.3, -0.25) is 4.79 Å². The van der Waals surface area contributed by atoms with Gasteiger partial charge in [-0.05, 0) is 23.8 Å². The fourth-order valence-electron chi connectivity index (χ4n) is 2.05. The molecule has 6 nitrogen and oxygen atoms in total. The lowest BCUT2D eigenvalue weighted by molar-refractivity contribution is -0.140. The van der Waals surface area contributed by atoms with Crippen LogP contribution in [-0.2, 0) is 19.6 Å². The van der Waals surface area contributed by atoms with E-state index in [-0.39, 0.29) is 17.9 Å². The number of nitrogens with one attached hydrogen (secondary N) is 1. The molecule has 0 aliphatic carbocycles. The summed E-state index contributed by atoms with van der Waals surface area (Å²) in [4.78, 5) is 11.1. The van der Waals surface area contributed by atoms with Crippen molar-refractivity contribution < 1.29 is 17.9 Å². The van der Waals surface area contributed by atoms with Crippen LogP contribution in [0.5, 0.6) is 0 Å². The summed E-state index contributed by atoms with van der Waals surface area (Å²) in [6, 6.07) is 13.8. The van der Waals surface area contributed by atoms with E-state index in [9.17, 15) is 13.2 Å². The van der Waals surface area contributed by atoms with E-state index in [1.54, 1.807) is 18.2 Å². The summed E-state index contributed by atoms with van der Waals surface area (Å²) in [5.74, 6) is -0.470. The molecule has 0 heterocycles. The van der Waals surface area contributed by atoms with Gasteiger partial charge in [-0.25, -0.2) is 13.1 Å². The predicted molar refractivity (Wildman–Crippen MR) is 88.1 cm³/mol. The van der Waals surface area contributed by atoms with Gasteiger partial charge in [-0.15, -0.1) is 0 Å². The molecule has 0 aromatic heterocycles. The van der Waals surface area contributed by atoms with Crippen molar-refractivity contribution in [3.8, 4) is 11.1 Å². The maximum atomic E-state index is 12.1. The summed E-state index contributed by atoms with van der Waals surface area (Å²) in [7, 11) is -2.41. The fraction of sp³-hybridized carbons (Fsp3) is 0.188. The molecule has 3 N–H and O–H groups in total. The third-order valence-corrected chi connectivity index (χ3v) is 4.76. The summed E-state index contributed by atoms with van der Waals surface area (Å²) in [5.41, 5.74) is 8.21. The molecule has 0 aliphatic heterocycles. The molecule has 0 bridgehead atoms. The minimum atomic E-state index is -3.66. The Hall–Kier alpha value is -2.38. The van der Waals surface area contributed by atoms with Crippen molar-refractivity contribution in [1.29, 1.82) is 0 Å². The largest absolute Gasteiger partial charge is 0.469 e. The van der Waals surface area contributed by atoms with Crippen LogP contribution >= 0.6 is 0 Å². The Morgan fingerprint density at radius 3 is 2.39 bits per heavy atom. The zero-order valence-electron chi connectivity index (χ0n) is 12.7. The lowest BCUT2D eigenvalue weighted by Gasteiger charge is -2.08. The van der Waals surface area contributed by atoms with Crippen LogP contribution in [0.1, 0.15) is 6.42 Å². The Morgan fingerprint density at radius 1 is 1.13 bits per heavy atom. The molecule has 2 rings (SSSR count). The first-order valence-corrected chi connectivity index (χ1v) is 8.44. The smallest absolute Gasteiger partial charge is 0.306 e. The van der Waals surface area contributed by atoms with Crippen LogP contribution in [0.3, 0.4) is 0 Å². The van der Waals surface area contributed by atoms with Gasteiger partial charge in [0.1, 0.15) is 0 Å². The van der Waals surface area contributed by atoms with Gasteiger partial charge in [0.25, 0.3) is 0 Å². The van der Waals surface area contributed by atoms with E-state index in [4.69, 9.17) is 5.73 Å². The van der Waals surface area contributed by atoms with Crippen LogP contribution in [0.4, 0.5) is 5.69 Å². The first-order chi connectivity index (χ1) is 10.9. The zero-order valence-corrected chi connectivity index (χ0v) is 13.5. The van der Waals surface area contributed by atoms with Crippen LogP contribution in [0.15, 0.2) is 53.4 Å². The van der Waals surface area contributed by atoms with E-state index < -0.39 is 16.0 Å². The predicted octanol–water partition coefficient (Wildman–Crippen LogP) is 1.78. The summed E-state index contributed by atoms with van der Waals surface area (Å²) in [6.45, 7) is -0.0115. The lowest BCUT2D eigenvalue weighted by atomic mass is 10.0. The molecule has 0 saturated carbocycles. The Labute approximate surface area is 135 Å². The Kier molecular flexibility index (Phi) is 5.36. The van der Waals surface area contributed by atoms with Crippen molar-refractivity contribution in [3.63, 3.8) is 0 Å². The molecule has 0 radical (unpaired) electrons. The van der Waals surface area contributed by atoms with Gasteiger partial charge in [0, 0.05) is 17.8 Å². The van der Waals surface area contributed by atoms with Gasteiger partial charge in [-0.2, -0.15) is 0 Å². The van der Waals surface area contributed by atoms with Crippen molar-refractivity contribution in [2.75, 3.05) is 19.4 Å². The number of benzene rings is 2. The van der Waals surface area contributed by atoms with Crippen LogP contribution < -0.4 is 10.5 Å². The third-order valence-electron chi connectivity index (χ3n) is 3.29. The minimum absolute atomic E-state index is 0.0115. The van der Waals surface area contributed by atoms with Crippen molar-refractivity contribution in [2.24, 2.45) is 0 Å². The van der Waals surface area contributed by atoms with E-state index in [0.717, 1.165) is 11.1 Å². The minimum Gasteiger partial charge on any atom is -0.469 e. The van der Waals surface area contributed by atoms with Gasteiger partial charge in [0.15, 0.2) is 0 Å². The average molecular weight is 334 g/mol. The number of hydrogen-bond acceptors (Lipinski definition) is 5. The van der Waals surface area contributed by atoms with E-state index in [1.165, 1.54) is 19.2 Å². The average Bonchev–Trinajstić information content (AvgIpc) is 2.55. The first-order valence-electron chi connectivity index (χ1n) is 6.95. The molecule has 0 spiro atoms. The number of nitrogens with two attached hydrogens (primary N) is 1. The number of carbonyl (C=O) groups excluding carboxylic acids is 1. The second-order valence-corrected chi connectivity index (χ2v) is 6.60. The number of nitrogen functional groups attached to an aromatic ring is 1. The SMILES string of the molecule is COC(=O)CCNS(=O)(=O)c1ccc(-c2ccccc2N)cc1. The summed E-state index contributed by atoms with van der Waals surface area (Å²) in [5, 5.41) is 0. The molecule has 0 atom stereocenters. The van der Waals surface area contributed by atoms with Gasteiger partial charge in [-0.1, -0.05) is 30.3 Å². The Balaban J connectivity index is 2.12. The normalized spacial score (nSPS) is 11.2. The fourth-order valence-corrected chi connectivity index (χ4v) is 3.08. The van der Waals surface area contributed by atoms with Crippen LogP contribution in [-0.4, -0.2) is 28.0 Å². The number of carbonyl (C=O) groups is 1. The van der Waals surface area contributed by atoms with Gasteiger partial charge in [0.2, 0.25) is 10.0 Å². The van der Waals surface area contributed by atoms with E-state index >= 15 is 0 Å². The molecule has 2 aromatic carbocycles. The number of hydrogen-bond donors (Lipinski definition) is 2. The number of rotatable bonds is 6. The highest BCUT2D eigenvalue weighted by Crippen LogP contribution is 2.26. The number of sulfonamides is 1. The molecule has 0 amide bonds. The number of ether oxygens (including phenoxy) is 1. The van der Waals surface area contributed by atoms with Crippen molar-refractivity contribution in [1.82, 2.24) is 4.72 Å². The maximum absolute atomic E-state index is 12.1. The number of para-hydroxylation sites is 1. The zero-order chi connectivity index (χ0) is 16.9. The van der Waals surface area contributed by atoms with Crippen LogP contribution in [0.25, 0.3) is 11.1 Å². The molecule has 0 saturated heterocycles. The van der Waals surface area contributed by atoms with Gasteiger partial charge in [0.05, 0.1) is 18.4 Å². The van der Waals surface area contributed by atoms with Crippen molar-refractivity contribution in [3.05, 3.63) is 48.5 Å². The summed E-state index contributed by atoms with van der Waals surface area (Å²) >= 11 is 0. The molecular weight excluding hydrogens is 316 g/mol. The Morgan fingerprint density at radius 2 is 1.78 bits per heavy atom. The Bertz CT molecular complexity index is 786. The molecular formula is C16H18N2O4S. The highest BCUT2D eigenvalue weighted by molar-refractivity contribution is 7.89. The van der Waals surface area contributed by atoms with Crippen molar-refractivity contribution >= 4 is 21.7 Å². The van der Waals surface area contributed by atoms with Gasteiger partial charge >= 0.3 is 5.97 Å². The molecule has 23 heavy (non-hydrogen) atoms. The standard InChI is InChI=1S/C16H18N2O4S/c1-22-16(19)10-11-18-23(20,21)13-8-6-12(7-9-13)14-4-2-3-5-15(14)17/h2-9,18H,10-11,17H2,1H3. The van der Waals surface area contributed by atoms with Gasteiger partial charge < -0.3 is 10.5 Å². The van der Waals surface area contributed by atoms with E-state index in [1.807, 2.05) is 18.2 Å². The van der Waals surface area contributed by atoms with E-state index in [0.29, 0.717) is 5.69 Å². The highest BCUT2D eigenvalue weighted by Gasteiger charge is 2.14. The van der Waals surface area contributed by atoms with Crippen molar-refractivity contribution in [2.45, 2.75) is 11.3 Å². The monoisotopic (exact) mass is 334 g/mol. The molecule has 122 valence electrons. The molecule has 2 aromatic rings. The highest BCUT2D eigenvalue weighted by atomic mass is 32.2. The molecule has 7 heteroatoms. The van der Waals surface area contributed by atoms with Crippen LogP contribution in [0.2, 0.25) is 0 Å². The third kappa shape index (κ3) is 4.30. The number of anilines is 1. The van der Waals surface area contributed by atoms with Crippen LogP contribution in [0, 0.1) is 0 Å². The second kappa shape index (κ2) is 7.26. The summed E-state index contributed by atoms with van der Waals surface area (Å²) in [6.07, 6.45) is -0.0195. The summed E-state index contributed by atoms with van der Waals surface area (Å²) < 4.78 is 31.1. The van der Waals surface area contributed by atoms with E-state index in [2.05, 4.69) is 9.46 Å². The first kappa shape index (κ1) is 17.0. The second-order valence-electron chi connectivity index (χ2n) is 4.84. The molecule has 0 aliphatic rings. The topological polar surface area (TPSA) is 98.5 Å². The lowest BCUT2D eigenvalue weighted by Crippen LogP contribution is -2.26. The number of methoxy groups -OCH3 is 1. The number of esters is 1. The molecule has 0 fully saturated rings.